The number of nitrogens with one attached hydrogen (secondary N) is 1. The number of hydrogen-bond donors (Lipinski definition) is 1. The molecule has 0 radical (unpaired) electrons. The fourth-order valence-corrected chi connectivity index (χ4v) is 3.94. The number of aromatic amines is 1. The molecule has 8 heteroatoms. The number of aromatic nitrogens is 3. The van der Waals surface area contributed by atoms with Gasteiger partial charge in [-0.25, -0.2) is 4.98 Å². The van der Waals surface area contributed by atoms with Crippen LogP contribution in [0.5, 0.6) is 11.5 Å². The van der Waals surface area contributed by atoms with Crippen LogP contribution in [0.1, 0.15) is 5.56 Å². The van der Waals surface area contributed by atoms with Gasteiger partial charge in [-0.2, -0.15) is 0 Å². The highest BCUT2D eigenvalue weighted by atomic mass is 79.9. The zero-order valence-corrected chi connectivity index (χ0v) is 15.7. The first-order chi connectivity index (χ1) is 11.2. The van der Waals surface area contributed by atoms with E-state index in [9.17, 15) is 0 Å². The van der Waals surface area contributed by atoms with E-state index in [1.54, 1.807) is 37.3 Å². The van der Waals surface area contributed by atoms with E-state index in [4.69, 9.17) is 9.47 Å². The van der Waals surface area contributed by atoms with Crippen molar-refractivity contribution in [3.63, 3.8) is 0 Å². The molecule has 3 rings (SSSR count). The van der Waals surface area contributed by atoms with Crippen molar-refractivity contribution in [1.29, 1.82) is 0 Å². The lowest BCUT2D eigenvalue weighted by Crippen LogP contribution is -1.94. The zero-order valence-electron chi connectivity index (χ0n) is 12.5. The molecule has 0 aliphatic heterocycles. The van der Waals surface area contributed by atoms with Crippen LogP contribution >= 0.6 is 39.0 Å². The monoisotopic (exact) mass is 411 g/mol. The molecule has 1 N–H and O–H groups in total. The second kappa shape index (κ2) is 7.37. The highest BCUT2D eigenvalue weighted by Crippen LogP contribution is 2.35. The van der Waals surface area contributed by atoms with Crippen LogP contribution in [0.2, 0.25) is 0 Å². The Morgan fingerprint density at radius 1 is 1.26 bits per heavy atom. The number of methoxy groups -OCH3 is 2. The van der Waals surface area contributed by atoms with Gasteiger partial charge >= 0.3 is 0 Å². The number of ether oxygens (including phenoxy) is 2. The molecule has 0 aliphatic carbocycles. The fourth-order valence-electron chi connectivity index (χ4n) is 2.01. The van der Waals surface area contributed by atoms with Crippen LogP contribution < -0.4 is 9.47 Å². The Bertz CT molecular complexity index is 790. The van der Waals surface area contributed by atoms with Crippen molar-refractivity contribution < 1.29 is 9.47 Å². The van der Waals surface area contributed by atoms with Crippen LogP contribution in [-0.2, 0) is 5.75 Å². The van der Waals surface area contributed by atoms with Crippen molar-refractivity contribution in [1.82, 2.24) is 15.2 Å². The summed E-state index contributed by atoms with van der Waals surface area (Å²) in [7, 11) is 3.30. The third kappa shape index (κ3) is 3.70. The lowest BCUT2D eigenvalue weighted by atomic mass is 10.2. The fraction of sp³-hybridized carbons (Fsp3) is 0.200. The number of nitrogens with zero attached hydrogens (tertiary/aromatic N) is 2. The molecule has 2 aromatic heterocycles. The summed E-state index contributed by atoms with van der Waals surface area (Å²) < 4.78 is 11.6. The average molecular weight is 412 g/mol. The number of halogens is 1. The predicted octanol–water partition coefficient (Wildman–Crippen LogP) is 4.61. The second-order valence-corrected chi connectivity index (χ2v) is 7.28. The smallest absolute Gasteiger partial charge is 0.209 e. The minimum absolute atomic E-state index is 0.689. The summed E-state index contributed by atoms with van der Waals surface area (Å²) >= 11 is 6.64. The maximum Gasteiger partial charge on any atom is 0.209 e. The number of thioether (sulfide) groups is 1. The van der Waals surface area contributed by atoms with Crippen molar-refractivity contribution in [2.45, 2.75) is 10.9 Å². The molecule has 2 heterocycles. The lowest BCUT2D eigenvalue weighted by Gasteiger charge is -2.11. The lowest BCUT2D eigenvalue weighted by molar-refractivity contribution is 0.398. The Kier molecular flexibility index (Phi) is 5.24. The molecule has 23 heavy (non-hydrogen) atoms. The standard InChI is InChI=1S/C15H14BrN3O2S2/c1-20-11-7-10(16)12(21-2)6-9(11)8-23-15-17-14(18-19-15)13-4-3-5-22-13/h3-7H,8H2,1-2H3,(H,17,18,19). The molecule has 5 nitrogen and oxygen atoms in total. The molecule has 120 valence electrons. The largest absolute Gasteiger partial charge is 0.496 e. The second-order valence-electron chi connectivity index (χ2n) is 4.53. The predicted molar refractivity (Wildman–Crippen MR) is 96.5 cm³/mol. The van der Waals surface area contributed by atoms with E-state index in [1.807, 2.05) is 29.6 Å². The van der Waals surface area contributed by atoms with E-state index in [1.165, 1.54) is 0 Å². The Hall–Kier alpha value is -1.51. The summed E-state index contributed by atoms with van der Waals surface area (Å²) in [6, 6.07) is 7.88. The van der Waals surface area contributed by atoms with Gasteiger partial charge in [-0.1, -0.05) is 17.8 Å². The minimum atomic E-state index is 0.689. The molecule has 0 atom stereocenters. The Balaban J connectivity index is 1.75. The number of thiophene rings is 1. The molecule has 0 unspecified atom stereocenters. The van der Waals surface area contributed by atoms with Gasteiger partial charge in [-0.05, 0) is 39.5 Å². The van der Waals surface area contributed by atoms with E-state index >= 15 is 0 Å². The number of rotatable bonds is 6. The number of H-pyrrole nitrogens is 1. The van der Waals surface area contributed by atoms with Gasteiger partial charge in [0.05, 0.1) is 23.6 Å². The van der Waals surface area contributed by atoms with Gasteiger partial charge < -0.3 is 9.47 Å². The maximum absolute atomic E-state index is 5.43. The molecule has 0 amide bonds. The van der Waals surface area contributed by atoms with Gasteiger partial charge in [-0.15, -0.1) is 16.4 Å². The molecule has 0 saturated carbocycles. The van der Waals surface area contributed by atoms with Crippen LogP contribution in [0.25, 0.3) is 10.7 Å². The molecule has 0 aliphatic rings. The van der Waals surface area contributed by atoms with Crippen molar-refractivity contribution in [2.75, 3.05) is 14.2 Å². The van der Waals surface area contributed by atoms with Gasteiger partial charge in [0, 0.05) is 11.3 Å². The van der Waals surface area contributed by atoms with Crippen molar-refractivity contribution in [2.24, 2.45) is 0 Å². The third-order valence-electron chi connectivity index (χ3n) is 3.13. The van der Waals surface area contributed by atoms with Crippen LogP contribution in [0, 0.1) is 0 Å². The highest BCUT2D eigenvalue weighted by Gasteiger charge is 2.12. The van der Waals surface area contributed by atoms with E-state index < -0.39 is 0 Å². The van der Waals surface area contributed by atoms with Crippen LogP contribution in [-0.4, -0.2) is 29.4 Å². The van der Waals surface area contributed by atoms with Crippen molar-refractivity contribution in [3.8, 4) is 22.2 Å². The van der Waals surface area contributed by atoms with E-state index in [0.29, 0.717) is 10.9 Å². The molecular weight excluding hydrogens is 398 g/mol. The number of hydrogen-bond acceptors (Lipinski definition) is 6. The minimum Gasteiger partial charge on any atom is -0.496 e. The van der Waals surface area contributed by atoms with E-state index in [2.05, 4.69) is 31.1 Å². The summed E-state index contributed by atoms with van der Waals surface area (Å²) in [6.45, 7) is 0. The van der Waals surface area contributed by atoms with Gasteiger partial charge in [-0.3, -0.25) is 5.10 Å². The molecule has 0 fully saturated rings. The molecule has 3 aromatic rings. The first kappa shape index (κ1) is 16.4. The summed E-state index contributed by atoms with van der Waals surface area (Å²) in [4.78, 5) is 5.58. The Labute approximate surface area is 150 Å². The van der Waals surface area contributed by atoms with Crippen molar-refractivity contribution in [3.05, 3.63) is 39.7 Å². The molecule has 1 aromatic carbocycles. The summed E-state index contributed by atoms with van der Waals surface area (Å²) in [5, 5.41) is 9.95. The first-order valence-electron chi connectivity index (χ1n) is 6.70. The van der Waals surface area contributed by atoms with Gasteiger partial charge in [0.2, 0.25) is 5.16 Å². The van der Waals surface area contributed by atoms with Crippen molar-refractivity contribution >= 4 is 39.0 Å². The Morgan fingerprint density at radius 3 is 2.78 bits per heavy atom. The van der Waals surface area contributed by atoms with Crippen LogP contribution in [0.3, 0.4) is 0 Å². The topological polar surface area (TPSA) is 60.0 Å². The zero-order chi connectivity index (χ0) is 16.2. The first-order valence-corrected chi connectivity index (χ1v) is 9.36. The maximum atomic E-state index is 5.43. The van der Waals surface area contributed by atoms with Gasteiger partial charge in [0.25, 0.3) is 0 Å². The summed E-state index contributed by atoms with van der Waals surface area (Å²) in [6.07, 6.45) is 0. The molecule has 0 saturated heterocycles. The third-order valence-corrected chi connectivity index (χ3v) is 5.52. The summed E-state index contributed by atoms with van der Waals surface area (Å²) in [5.41, 5.74) is 1.03. The molecule has 0 bridgehead atoms. The van der Waals surface area contributed by atoms with E-state index in [-0.39, 0.29) is 0 Å². The highest BCUT2D eigenvalue weighted by molar-refractivity contribution is 9.10. The molecular formula is C15H14BrN3O2S2. The quantitative estimate of drug-likeness (QED) is 0.600. The SMILES string of the molecule is COc1cc(CSc2n[nH]c(-c3cccs3)n2)c(OC)cc1Br. The van der Waals surface area contributed by atoms with E-state index in [0.717, 1.165) is 32.2 Å². The van der Waals surface area contributed by atoms with Crippen LogP contribution in [0.15, 0.2) is 39.3 Å². The number of benzene rings is 1. The normalized spacial score (nSPS) is 10.7. The molecule has 0 spiro atoms. The summed E-state index contributed by atoms with van der Waals surface area (Å²) in [5.74, 6) is 3.06. The van der Waals surface area contributed by atoms with Gasteiger partial charge in [0.1, 0.15) is 11.5 Å². The van der Waals surface area contributed by atoms with Gasteiger partial charge in [0.15, 0.2) is 5.82 Å². The average Bonchev–Trinajstić information content (AvgIpc) is 3.24. The Morgan fingerprint density at radius 2 is 2.09 bits per heavy atom. The van der Waals surface area contributed by atoms with Crippen LogP contribution in [0.4, 0.5) is 0 Å².